The van der Waals surface area contributed by atoms with Crippen molar-refractivity contribution in [2.75, 3.05) is 46.8 Å². The summed E-state index contributed by atoms with van der Waals surface area (Å²) in [6.45, 7) is 3.75. The number of amides is 1. The fraction of sp³-hybridized carbons (Fsp3) is 0.381. The summed E-state index contributed by atoms with van der Waals surface area (Å²) >= 11 is 0. The maximum Gasteiger partial charge on any atom is 0.251 e. The average molecular weight is 384 g/mol. The number of fused-ring (bicyclic) bond motifs is 1. The van der Waals surface area contributed by atoms with Crippen molar-refractivity contribution in [1.29, 1.82) is 0 Å². The van der Waals surface area contributed by atoms with Crippen LogP contribution in [-0.2, 0) is 4.74 Å². The number of rotatable bonds is 6. The monoisotopic (exact) mass is 384 g/mol. The molecule has 0 unspecified atom stereocenters. The Morgan fingerprint density at radius 2 is 1.86 bits per heavy atom. The molecule has 7 heteroatoms. The molecule has 2 heterocycles. The summed E-state index contributed by atoms with van der Waals surface area (Å²) in [5.41, 5.74) is 1.69. The smallest absolute Gasteiger partial charge is 0.251 e. The predicted molar refractivity (Wildman–Crippen MR) is 103 cm³/mol. The van der Waals surface area contributed by atoms with Crippen LogP contribution in [0.1, 0.15) is 22.0 Å². The molecule has 1 fully saturated rings. The van der Waals surface area contributed by atoms with Crippen LogP contribution in [0.25, 0.3) is 0 Å². The summed E-state index contributed by atoms with van der Waals surface area (Å²) in [6.07, 6.45) is 0. The Morgan fingerprint density at radius 3 is 2.61 bits per heavy atom. The summed E-state index contributed by atoms with van der Waals surface area (Å²) in [5, 5.41) is 3.07. The fourth-order valence-corrected chi connectivity index (χ4v) is 3.50. The molecule has 2 aliphatic rings. The van der Waals surface area contributed by atoms with E-state index in [0.717, 1.165) is 24.4 Å². The van der Waals surface area contributed by atoms with Gasteiger partial charge in [0.25, 0.3) is 5.91 Å². The minimum atomic E-state index is -0.134. The van der Waals surface area contributed by atoms with Crippen LogP contribution in [0, 0.1) is 0 Å². The fourth-order valence-electron chi connectivity index (χ4n) is 3.50. The molecule has 2 aromatic carbocycles. The van der Waals surface area contributed by atoms with Crippen LogP contribution in [0.4, 0.5) is 0 Å². The van der Waals surface area contributed by atoms with Crippen molar-refractivity contribution in [3.05, 3.63) is 53.6 Å². The summed E-state index contributed by atoms with van der Waals surface area (Å²) in [6, 6.07) is 13.3. The number of carbonyl (C=O) groups excluding carboxylic acids is 1. The maximum absolute atomic E-state index is 12.7. The summed E-state index contributed by atoms with van der Waals surface area (Å²) in [4.78, 5) is 15.0. The first-order valence-corrected chi connectivity index (χ1v) is 9.38. The molecule has 0 saturated carbocycles. The van der Waals surface area contributed by atoms with Gasteiger partial charge in [0.2, 0.25) is 6.79 Å². The van der Waals surface area contributed by atoms with E-state index in [1.165, 1.54) is 0 Å². The molecule has 0 bridgehead atoms. The SMILES string of the molecule is COc1ccc([C@@H](CNC(=O)c2ccc3c(c2)OCO3)N2CCOCC2)cc1. The number of methoxy groups -OCH3 is 1. The maximum atomic E-state index is 12.7. The molecule has 28 heavy (non-hydrogen) atoms. The van der Waals surface area contributed by atoms with E-state index in [-0.39, 0.29) is 18.7 Å². The number of carbonyl (C=O) groups is 1. The molecule has 0 radical (unpaired) electrons. The molecule has 0 aliphatic carbocycles. The van der Waals surface area contributed by atoms with Crippen LogP contribution in [0.5, 0.6) is 17.2 Å². The number of morpholine rings is 1. The molecule has 7 nitrogen and oxygen atoms in total. The molecule has 0 spiro atoms. The second-order valence-corrected chi connectivity index (χ2v) is 6.72. The van der Waals surface area contributed by atoms with Crippen molar-refractivity contribution in [1.82, 2.24) is 10.2 Å². The van der Waals surface area contributed by atoms with E-state index in [1.807, 2.05) is 24.3 Å². The predicted octanol–water partition coefficient (Wildman–Crippen LogP) is 2.23. The van der Waals surface area contributed by atoms with Gasteiger partial charge in [0.1, 0.15) is 5.75 Å². The third-order valence-electron chi connectivity index (χ3n) is 5.08. The molecule has 1 atom stereocenters. The Labute approximate surface area is 164 Å². The number of ether oxygens (including phenoxy) is 4. The molecule has 1 amide bonds. The zero-order valence-electron chi connectivity index (χ0n) is 15.8. The Hall–Kier alpha value is -2.77. The number of hydrogen-bond acceptors (Lipinski definition) is 6. The molecule has 1 saturated heterocycles. The third kappa shape index (κ3) is 4.05. The highest BCUT2D eigenvalue weighted by atomic mass is 16.7. The van der Waals surface area contributed by atoms with E-state index in [4.69, 9.17) is 18.9 Å². The molecule has 2 aliphatic heterocycles. The second kappa shape index (κ2) is 8.50. The number of hydrogen-bond donors (Lipinski definition) is 1. The second-order valence-electron chi connectivity index (χ2n) is 6.72. The molecule has 148 valence electrons. The molecule has 0 aromatic heterocycles. The topological polar surface area (TPSA) is 69.3 Å². The lowest BCUT2D eigenvalue weighted by Gasteiger charge is -2.35. The van der Waals surface area contributed by atoms with Crippen LogP contribution in [0.2, 0.25) is 0 Å². The number of nitrogens with zero attached hydrogens (tertiary/aromatic N) is 1. The summed E-state index contributed by atoms with van der Waals surface area (Å²) < 4.78 is 21.4. The first-order chi connectivity index (χ1) is 13.7. The van der Waals surface area contributed by atoms with Gasteiger partial charge in [0, 0.05) is 25.2 Å². The van der Waals surface area contributed by atoms with E-state index >= 15 is 0 Å². The molecular weight excluding hydrogens is 360 g/mol. The molecule has 1 N–H and O–H groups in total. The highest BCUT2D eigenvalue weighted by Gasteiger charge is 2.24. The van der Waals surface area contributed by atoms with Gasteiger partial charge < -0.3 is 24.3 Å². The zero-order valence-corrected chi connectivity index (χ0v) is 15.8. The van der Waals surface area contributed by atoms with Gasteiger partial charge in [-0.3, -0.25) is 9.69 Å². The normalized spacial score (nSPS) is 17.2. The van der Waals surface area contributed by atoms with E-state index in [2.05, 4.69) is 10.2 Å². The highest BCUT2D eigenvalue weighted by Crippen LogP contribution is 2.32. The van der Waals surface area contributed by atoms with Gasteiger partial charge in [-0.15, -0.1) is 0 Å². The van der Waals surface area contributed by atoms with E-state index < -0.39 is 0 Å². The Kier molecular flexibility index (Phi) is 5.64. The van der Waals surface area contributed by atoms with Crippen LogP contribution < -0.4 is 19.5 Å². The van der Waals surface area contributed by atoms with E-state index in [9.17, 15) is 4.79 Å². The number of nitrogens with one attached hydrogen (secondary N) is 1. The van der Waals surface area contributed by atoms with Gasteiger partial charge in [-0.05, 0) is 35.9 Å². The van der Waals surface area contributed by atoms with Crippen molar-refractivity contribution in [2.45, 2.75) is 6.04 Å². The first kappa shape index (κ1) is 18.6. The largest absolute Gasteiger partial charge is 0.497 e. The van der Waals surface area contributed by atoms with Gasteiger partial charge in [0.05, 0.1) is 26.4 Å². The van der Waals surface area contributed by atoms with Crippen molar-refractivity contribution >= 4 is 5.91 Å². The van der Waals surface area contributed by atoms with Gasteiger partial charge in [0.15, 0.2) is 11.5 Å². The van der Waals surface area contributed by atoms with E-state index in [1.54, 1.807) is 25.3 Å². The van der Waals surface area contributed by atoms with Crippen LogP contribution in [-0.4, -0.2) is 57.6 Å². The average Bonchev–Trinajstić information content (AvgIpc) is 3.23. The minimum absolute atomic E-state index is 0.0627. The van der Waals surface area contributed by atoms with Gasteiger partial charge in [-0.2, -0.15) is 0 Å². The third-order valence-corrected chi connectivity index (χ3v) is 5.08. The molecular formula is C21H24N2O5. The van der Waals surface area contributed by atoms with Crippen molar-refractivity contribution in [2.24, 2.45) is 0 Å². The van der Waals surface area contributed by atoms with Crippen LogP contribution >= 0.6 is 0 Å². The lowest BCUT2D eigenvalue weighted by atomic mass is 10.0. The van der Waals surface area contributed by atoms with Crippen molar-refractivity contribution < 1.29 is 23.7 Å². The lowest BCUT2D eigenvalue weighted by molar-refractivity contribution is 0.0162. The summed E-state index contributed by atoms with van der Waals surface area (Å²) in [5.74, 6) is 1.95. The lowest BCUT2D eigenvalue weighted by Crippen LogP contribution is -2.43. The molecule has 4 rings (SSSR count). The van der Waals surface area contributed by atoms with Crippen molar-refractivity contribution in [3.8, 4) is 17.2 Å². The Bertz CT molecular complexity index is 818. The van der Waals surface area contributed by atoms with Crippen molar-refractivity contribution in [3.63, 3.8) is 0 Å². The zero-order chi connectivity index (χ0) is 19.3. The van der Waals surface area contributed by atoms with E-state index in [0.29, 0.717) is 36.8 Å². The summed E-state index contributed by atoms with van der Waals surface area (Å²) in [7, 11) is 1.65. The van der Waals surface area contributed by atoms with Crippen LogP contribution in [0.15, 0.2) is 42.5 Å². The number of benzene rings is 2. The minimum Gasteiger partial charge on any atom is -0.497 e. The van der Waals surface area contributed by atoms with Gasteiger partial charge in [-0.1, -0.05) is 12.1 Å². The molecule has 2 aromatic rings. The first-order valence-electron chi connectivity index (χ1n) is 9.38. The van der Waals surface area contributed by atoms with Crippen LogP contribution in [0.3, 0.4) is 0 Å². The van der Waals surface area contributed by atoms with Gasteiger partial charge >= 0.3 is 0 Å². The standard InChI is InChI=1S/C21H24N2O5/c1-25-17-5-2-15(3-6-17)18(23-8-10-26-11-9-23)13-22-21(24)16-4-7-19-20(12-16)28-14-27-19/h2-7,12,18H,8-11,13-14H2,1H3,(H,22,24)/t18-/m1/s1. The Morgan fingerprint density at radius 1 is 1.11 bits per heavy atom. The Balaban J connectivity index is 1.47. The van der Waals surface area contributed by atoms with Gasteiger partial charge in [-0.25, -0.2) is 0 Å². The quantitative estimate of drug-likeness (QED) is 0.824. The highest BCUT2D eigenvalue weighted by molar-refractivity contribution is 5.95.